The van der Waals surface area contributed by atoms with Crippen molar-refractivity contribution in [2.24, 2.45) is 23.7 Å². The van der Waals surface area contributed by atoms with Crippen LogP contribution in [-0.2, 0) is 24.0 Å². The summed E-state index contributed by atoms with van der Waals surface area (Å²) in [5.74, 6) is -1.77. The summed E-state index contributed by atoms with van der Waals surface area (Å²) in [6.45, 7) is 17.2. The van der Waals surface area contributed by atoms with Gasteiger partial charge in [-0.25, -0.2) is 0 Å². The number of hydrogen-bond acceptors (Lipinski definition) is 5. The van der Waals surface area contributed by atoms with Gasteiger partial charge < -0.3 is 25.3 Å². The quantitative estimate of drug-likeness (QED) is 0.297. The number of likely N-dealkylation sites (N-methyl/N-ethyl adjacent to an activating group) is 4. The van der Waals surface area contributed by atoms with Crippen molar-refractivity contribution in [3.63, 3.8) is 0 Å². The zero-order valence-electron chi connectivity index (χ0n) is 27.3. The normalized spacial score (nSPS) is 14.5. The van der Waals surface area contributed by atoms with Gasteiger partial charge in [0.1, 0.15) is 24.2 Å². The summed E-state index contributed by atoms with van der Waals surface area (Å²) in [4.78, 5) is 70.9. The molecule has 2 N–H and O–H groups in total. The van der Waals surface area contributed by atoms with Crippen LogP contribution in [0.3, 0.4) is 0 Å². The third kappa shape index (κ3) is 10.7. The maximum atomic E-state index is 14.0. The van der Waals surface area contributed by atoms with E-state index < -0.39 is 30.1 Å². The Balaban J connectivity index is 6.28. The third-order valence-corrected chi connectivity index (χ3v) is 7.21. The average molecular weight is 568 g/mol. The van der Waals surface area contributed by atoms with Crippen molar-refractivity contribution >= 4 is 29.5 Å². The molecular formula is C30H57N5O5. The molecule has 10 heteroatoms. The molecule has 0 heterocycles. The smallest absolute Gasteiger partial charge is 0.246 e. The Bertz CT molecular complexity index is 857. The predicted octanol–water partition coefficient (Wildman–Crippen LogP) is 2.90. The lowest BCUT2D eigenvalue weighted by Gasteiger charge is -2.39. The fourth-order valence-corrected chi connectivity index (χ4v) is 4.95. The summed E-state index contributed by atoms with van der Waals surface area (Å²) in [7, 11) is 6.34. The Labute approximate surface area is 243 Å². The van der Waals surface area contributed by atoms with Gasteiger partial charge in [0.25, 0.3) is 0 Å². The summed E-state index contributed by atoms with van der Waals surface area (Å²) in [6.07, 6.45) is 2.03. The fourth-order valence-electron chi connectivity index (χ4n) is 4.95. The van der Waals surface area contributed by atoms with Gasteiger partial charge in [-0.15, -0.1) is 0 Å². The molecule has 0 radical (unpaired) electrons. The molecule has 4 atom stereocenters. The van der Waals surface area contributed by atoms with Crippen LogP contribution in [0, 0.1) is 23.7 Å². The Hall–Kier alpha value is -2.65. The third-order valence-electron chi connectivity index (χ3n) is 7.21. The summed E-state index contributed by atoms with van der Waals surface area (Å²) < 4.78 is 0. The molecule has 0 aliphatic carbocycles. The molecular weight excluding hydrogens is 510 g/mol. The lowest BCUT2D eigenvalue weighted by Crippen LogP contribution is -2.60. The van der Waals surface area contributed by atoms with Crippen molar-refractivity contribution in [2.75, 3.05) is 28.2 Å². The number of nitrogens with one attached hydrogen (secondary N) is 2. The fraction of sp³-hybridized carbons (Fsp3) is 0.833. The molecule has 0 aromatic rings. The number of hydrogen-bond donors (Lipinski definition) is 2. The van der Waals surface area contributed by atoms with Crippen LogP contribution in [0.2, 0.25) is 0 Å². The lowest BCUT2D eigenvalue weighted by atomic mass is 9.95. The van der Waals surface area contributed by atoms with E-state index in [1.807, 2.05) is 48.5 Å². The SMILES string of the molecule is CCCC(NC(=O)C(CC(C)C)N(C)C(=O)C(C(C)C)N(C)C(=O)C(CC(C)C)N(C)C(=O)C(C)C)C(=O)NC. The Morgan fingerprint density at radius 1 is 0.650 bits per heavy atom. The van der Waals surface area contributed by atoms with Crippen molar-refractivity contribution in [1.82, 2.24) is 25.3 Å². The number of carbonyl (C=O) groups excluding carboxylic acids is 5. The molecule has 0 saturated heterocycles. The molecule has 0 aliphatic rings. The summed E-state index contributed by atoms with van der Waals surface area (Å²) in [6, 6.07) is -3.08. The first-order valence-corrected chi connectivity index (χ1v) is 14.7. The van der Waals surface area contributed by atoms with Crippen molar-refractivity contribution in [1.29, 1.82) is 0 Å². The minimum absolute atomic E-state index is 0.0959. The van der Waals surface area contributed by atoms with E-state index >= 15 is 0 Å². The van der Waals surface area contributed by atoms with E-state index in [-0.39, 0.29) is 47.3 Å². The summed E-state index contributed by atoms with van der Waals surface area (Å²) in [5, 5.41) is 5.43. The molecule has 0 bridgehead atoms. The molecule has 40 heavy (non-hydrogen) atoms. The highest BCUT2D eigenvalue weighted by Crippen LogP contribution is 2.22. The number of rotatable bonds is 16. The standard InChI is InChI=1S/C30H57N5O5/c1-14-15-22(26(36)31-10)32-27(37)23(16-18(2)3)33(11)30(40)25(20(6)7)35(13)29(39)24(17-19(4)5)34(12)28(38)21(8)9/h18-25H,14-17H2,1-13H3,(H,31,36)(H,32,37). The maximum Gasteiger partial charge on any atom is 0.246 e. The van der Waals surface area contributed by atoms with Crippen LogP contribution >= 0.6 is 0 Å². The van der Waals surface area contributed by atoms with Crippen molar-refractivity contribution in [3.05, 3.63) is 0 Å². The topological polar surface area (TPSA) is 119 Å². The van der Waals surface area contributed by atoms with Crippen LogP contribution in [-0.4, -0.2) is 96.6 Å². The van der Waals surface area contributed by atoms with Crippen LogP contribution in [0.15, 0.2) is 0 Å². The molecule has 0 aromatic carbocycles. The molecule has 232 valence electrons. The van der Waals surface area contributed by atoms with Gasteiger partial charge in [-0.1, -0.05) is 68.7 Å². The molecule has 5 amide bonds. The van der Waals surface area contributed by atoms with E-state index in [4.69, 9.17) is 0 Å². The molecule has 4 unspecified atom stereocenters. The Kier molecular flexibility index (Phi) is 16.1. The first-order chi connectivity index (χ1) is 18.4. The van der Waals surface area contributed by atoms with E-state index in [9.17, 15) is 24.0 Å². The van der Waals surface area contributed by atoms with Gasteiger partial charge in [0, 0.05) is 34.1 Å². The van der Waals surface area contributed by atoms with Crippen molar-refractivity contribution in [3.8, 4) is 0 Å². The first-order valence-electron chi connectivity index (χ1n) is 14.7. The summed E-state index contributed by atoms with van der Waals surface area (Å²) >= 11 is 0. The first kappa shape index (κ1) is 37.4. The van der Waals surface area contributed by atoms with E-state index in [2.05, 4.69) is 10.6 Å². The second kappa shape index (κ2) is 17.2. The Morgan fingerprint density at radius 2 is 1.12 bits per heavy atom. The molecule has 0 rings (SSSR count). The molecule has 0 aliphatic heterocycles. The molecule has 10 nitrogen and oxygen atoms in total. The van der Waals surface area contributed by atoms with Crippen LogP contribution in [0.5, 0.6) is 0 Å². The molecule has 0 spiro atoms. The highest BCUT2D eigenvalue weighted by molar-refractivity contribution is 5.95. The Morgan fingerprint density at radius 3 is 1.52 bits per heavy atom. The van der Waals surface area contributed by atoms with Gasteiger partial charge in [0.05, 0.1) is 0 Å². The monoisotopic (exact) mass is 567 g/mol. The number of carbonyl (C=O) groups is 5. The highest BCUT2D eigenvalue weighted by atomic mass is 16.2. The summed E-state index contributed by atoms with van der Waals surface area (Å²) in [5.41, 5.74) is 0. The van der Waals surface area contributed by atoms with Crippen molar-refractivity contribution in [2.45, 2.75) is 112 Å². The minimum Gasteiger partial charge on any atom is -0.357 e. The zero-order chi connectivity index (χ0) is 31.5. The van der Waals surface area contributed by atoms with E-state index in [0.717, 1.165) is 0 Å². The van der Waals surface area contributed by atoms with Gasteiger partial charge in [-0.2, -0.15) is 0 Å². The van der Waals surface area contributed by atoms with Gasteiger partial charge in [0.2, 0.25) is 29.5 Å². The van der Waals surface area contributed by atoms with Crippen molar-refractivity contribution < 1.29 is 24.0 Å². The second-order valence-electron chi connectivity index (χ2n) is 12.4. The largest absolute Gasteiger partial charge is 0.357 e. The average Bonchev–Trinajstić information content (AvgIpc) is 2.87. The highest BCUT2D eigenvalue weighted by Gasteiger charge is 2.40. The molecule has 0 fully saturated rings. The van der Waals surface area contributed by atoms with Crippen LogP contribution in [0.25, 0.3) is 0 Å². The van der Waals surface area contributed by atoms with Crippen LogP contribution in [0.4, 0.5) is 0 Å². The van der Waals surface area contributed by atoms with E-state index in [1.54, 1.807) is 35.0 Å². The van der Waals surface area contributed by atoms with Crippen LogP contribution in [0.1, 0.15) is 88.0 Å². The van der Waals surface area contributed by atoms with Gasteiger partial charge >= 0.3 is 0 Å². The predicted molar refractivity (Wildman–Crippen MR) is 159 cm³/mol. The van der Waals surface area contributed by atoms with Gasteiger partial charge in [-0.05, 0) is 37.0 Å². The maximum absolute atomic E-state index is 14.0. The van der Waals surface area contributed by atoms with Crippen LogP contribution < -0.4 is 10.6 Å². The zero-order valence-corrected chi connectivity index (χ0v) is 27.3. The number of nitrogens with zero attached hydrogens (tertiary/aromatic N) is 3. The van der Waals surface area contributed by atoms with E-state index in [1.165, 1.54) is 21.7 Å². The minimum atomic E-state index is -0.845. The van der Waals surface area contributed by atoms with E-state index in [0.29, 0.717) is 25.7 Å². The molecule has 0 aromatic heterocycles. The van der Waals surface area contributed by atoms with Gasteiger partial charge in [0.15, 0.2) is 0 Å². The van der Waals surface area contributed by atoms with Gasteiger partial charge in [-0.3, -0.25) is 24.0 Å². The number of amides is 5. The lowest BCUT2D eigenvalue weighted by molar-refractivity contribution is -0.154. The molecule has 0 saturated carbocycles. The second-order valence-corrected chi connectivity index (χ2v) is 12.4.